The number of pyridine rings is 1. The number of ether oxygens (including phenoxy) is 1. The Morgan fingerprint density at radius 2 is 1.96 bits per heavy atom. The van der Waals surface area contributed by atoms with Crippen LogP contribution in [0.1, 0.15) is 45.8 Å². The van der Waals surface area contributed by atoms with Crippen LogP contribution in [-0.2, 0) is 7.05 Å². The number of hydrogen-bond donors (Lipinski definition) is 1. The summed E-state index contributed by atoms with van der Waals surface area (Å²) in [4.78, 5) is 17.5. The zero-order valence-corrected chi connectivity index (χ0v) is 16.0. The van der Waals surface area contributed by atoms with Crippen LogP contribution >= 0.6 is 0 Å². The molecule has 2 heterocycles. The van der Waals surface area contributed by atoms with Gasteiger partial charge in [0.05, 0.1) is 29.8 Å². The zero-order valence-electron chi connectivity index (χ0n) is 16.0. The SMILES string of the molecule is COc1ccc(C)cc1[C@H](C)NC(=O)c1cc(C)nc2c1c(C)nn2C. The number of aryl methyl sites for hydroxylation is 4. The van der Waals surface area contributed by atoms with E-state index in [1.807, 2.05) is 59.0 Å². The maximum atomic E-state index is 13.0. The predicted molar refractivity (Wildman–Crippen MR) is 102 cm³/mol. The Morgan fingerprint density at radius 1 is 1.23 bits per heavy atom. The van der Waals surface area contributed by atoms with Gasteiger partial charge in [-0.1, -0.05) is 17.7 Å². The normalized spacial score (nSPS) is 12.2. The van der Waals surface area contributed by atoms with Gasteiger partial charge in [0.1, 0.15) is 5.75 Å². The van der Waals surface area contributed by atoms with Gasteiger partial charge in [-0.2, -0.15) is 5.10 Å². The number of hydrogen-bond acceptors (Lipinski definition) is 4. The molecule has 0 fully saturated rings. The fraction of sp³-hybridized carbons (Fsp3) is 0.350. The number of carbonyl (C=O) groups is 1. The van der Waals surface area contributed by atoms with Crippen molar-refractivity contribution in [2.24, 2.45) is 7.05 Å². The zero-order chi connectivity index (χ0) is 19.0. The molecule has 3 aromatic rings. The molecule has 6 nitrogen and oxygen atoms in total. The second kappa shape index (κ2) is 6.78. The third kappa shape index (κ3) is 3.14. The number of nitrogens with one attached hydrogen (secondary N) is 1. The van der Waals surface area contributed by atoms with Crippen molar-refractivity contribution >= 4 is 16.9 Å². The molecule has 0 aliphatic rings. The molecule has 0 bridgehead atoms. The van der Waals surface area contributed by atoms with Crippen molar-refractivity contribution in [2.45, 2.75) is 33.7 Å². The Bertz CT molecular complexity index is 991. The summed E-state index contributed by atoms with van der Waals surface area (Å²) in [6, 6.07) is 7.57. The van der Waals surface area contributed by atoms with Gasteiger partial charge in [0, 0.05) is 18.3 Å². The number of benzene rings is 1. The minimum atomic E-state index is -0.196. The maximum absolute atomic E-state index is 13.0. The molecule has 0 aliphatic carbocycles. The molecule has 3 rings (SSSR count). The highest BCUT2D eigenvalue weighted by Gasteiger charge is 2.20. The number of methoxy groups -OCH3 is 1. The first-order valence-electron chi connectivity index (χ1n) is 8.58. The second-order valence-electron chi connectivity index (χ2n) is 6.66. The summed E-state index contributed by atoms with van der Waals surface area (Å²) in [6.45, 7) is 7.75. The van der Waals surface area contributed by atoms with Gasteiger partial charge < -0.3 is 10.1 Å². The summed E-state index contributed by atoms with van der Waals surface area (Å²) in [7, 11) is 3.47. The highest BCUT2D eigenvalue weighted by Crippen LogP contribution is 2.27. The number of rotatable bonds is 4. The van der Waals surface area contributed by atoms with E-state index < -0.39 is 0 Å². The molecule has 1 N–H and O–H groups in total. The van der Waals surface area contributed by atoms with E-state index in [0.29, 0.717) is 11.2 Å². The van der Waals surface area contributed by atoms with Crippen molar-refractivity contribution in [1.29, 1.82) is 0 Å². The lowest BCUT2D eigenvalue weighted by atomic mass is 10.0. The van der Waals surface area contributed by atoms with Crippen LogP contribution in [0.15, 0.2) is 24.3 Å². The van der Waals surface area contributed by atoms with Crippen molar-refractivity contribution in [2.75, 3.05) is 7.11 Å². The van der Waals surface area contributed by atoms with Gasteiger partial charge in [0.25, 0.3) is 5.91 Å². The molecular weight excluding hydrogens is 328 g/mol. The molecular formula is C20H24N4O2. The van der Waals surface area contributed by atoms with E-state index in [1.165, 1.54) is 0 Å². The summed E-state index contributed by atoms with van der Waals surface area (Å²) in [5.41, 5.74) is 4.95. The molecule has 0 saturated carbocycles. The highest BCUT2D eigenvalue weighted by molar-refractivity contribution is 6.06. The van der Waals surface area contributed by atoms with Gasteiger partial charge >= 0.3 is 0 Å². The summed E-state index contributed by atoms with van der Waals surface area (Å²) >= 11 is 0. The standard InChI is InChI=1S/C20H24N4O2/c1-11-7-8-17(26-6)15(9-11)13(3)22-20(25)16-10-12(2)21-19-18(16)14(4)23-24(19)5/h7-10,13H,1-6H3,(H,22,25)/t13-/m0/s1. The smallest absolute Gasteiger partial charge is 0.252 e. The van der Waals surface area contributed by atoms with Crippen LogP contribution in [0.5, 0.6) is 5.75 Å². The Kier molecular flexibility index (Phi) is 4.68. The molecule has 0 aliphatic heterocycles. The van der Waals surface area contributed by atoms with Gasteiger partial charge in [-0.15, -0.1) is 0 Å². The van der Waals surface area contributed by atoms with E-state index in [1.54, 1.807) is 11.8 Å². The minimum absolute atomic E-state index is 0.146. The Morgan fingerprint density at radius 3 is 2.65 bits per heavy atom. The lowest BCUT2D eigenvalue weighted by molar-refractivity contribution is 0.0941. The molecule has 1 aromatic carbocycles. The van der Waals surface area contributed by atoms with Crippen LogP contribution in [0.3, 0.4) is 0 Å². The molecule has 26 heavy (non-hydrogen) atoms. The number of fused-ring (bicyclic) bond motifs is 1. The average molecular weight is 352 g/mol. The Labute approximate surface area is 153 Å². The van der Waals surface area contributed by atoms with Crippen LogP contribution in [0.2, 0.25) is 0 Å². The second-order valence-corrected chi connectivity index (χ2v) is 6.66. The number of aromatic nitrogens is 3. The van der Waals surface area contributed by atoms with E-state index in [-0.39, 0.29) is 11.9 Å². The van der Waals surface area contributed by atoms with E-state index in [4.69, 9.17) is 4.74 Å². The average Bonchev–Trinajstić information content (AvgIpc) is 2.88. The third-order valence-electron chi connectivity index (χ3n) is 4.54. The van der Waals surface area contributed by atoms with Crippen molar-refractivity contribution in [1.82, 2.24) is 20.1 Å². The quantitative estimate of drug-likeness (QED) is 0.781. The van der Waals surface area contributed by atoms with Gasteiger partial charge in [0.2, 0.25) is 0 Å². The Balaban J connectivity index is 1.99. The van der Waals surface area contributed by atoms with Gasteiger partial charge in [-0.25, -0.2) is 4.98 Å². The first-order valence-corrected chi connectivity index (χ1v) is 8.58. The van der Waals surface area contributed by atoms with E-state index in [9.17, 15) is 4.79 Å². The first kappa shape index (κ1) is 17.9. The topological polar surface area (TPSA) is 69.0 Å². The largest absolute Gasteiger partial charge is 0.496 e. The van der Waals surface area contributed by atoms with Crippen molar-refractivity contribution in [3.05, 3.63) is 52.3 Å². The Hall–Kier alpha value is -2.89. The number of nitrogens with zero attached hydrogens (tertiary/aromatic N) is 3. The lowest BCUT2D eigenvalue weighted by Gasteiger charge is -2.18. The van der Waals surface area contributed by atoms with E-state index in [0.717, 1.165) is 33.7 Å². The molecule has 0 radical (unpaired) electrons. The van der Waals surface area contributed by atoms with Gasteiger partial charge in [0.15, 0.2) is 5.65 Å². The fourth-order valence-corrected chi connectivity index (χ4v) is 3.29. The molecule has 2 aromatic heterocycles. The van der Waals surface area contributed by atoms with Crippen LogP contribution < -0.4 is 10.1 Å². The van der Waals surface area contributed by atoms with Crippen molar-refractivity contribution in [3.63, 3.8) is 0 Å². The molecule has 0 saturated heterocycles. The highest BCUT2D eigenvalue weighted by atomic mass is 16.5. The fourth-order valence-electron chi connectivity index (χ4n) is 3.29. The summed E-state index contributed by atoms with van der Waals surface area (Å²) in [5.74, 6) is 0.615. The minimum Gasteiger partial charge on any atom is -0.496 e. The third-order valence-corrected chi connectivity index (χ3v) is 4.54. The van der Waals surface area contributed by atoms with Crippen molar-refractivity contribution < 1.29 is 9.53 Å². The molecule has 1 atom stereocenters. The van der Waals surface area contributed by atoms with Crippen molar-refractivity contribution in [3.8, 4) is 5.75 Å². The van der Waals surface area contributed by atoms with E-state index in [2.05, 4.69) is 15.4 Å². The number of amides is 1. The first-order chi connectivity index (χ1) is 12.3. The molecule has 136 valence electrons. The predicted octanol–water partition coefficient (Wildman–Crippen LogP) is 3.39. The van der Waals surface area contributed by atoms with Crippen LogP contribution in [0, 0.1) is 20.8 Å². The van der Waals surface area contributed by atoms with Crippen LogP contribution in [0.25, 0.3) is 11.0 Å². The summed E-state index contributed by atoms with van der Waals surface area (Å²) in [6.07, 6.45) is 0. The molecule has 6 heteroatoms. The molecule has 0 spiro atoms. The lowest BCUT2D eigenvalue weighted by Crippen LogP contribution is -2.27. The van der Waals surface area contributed by atoms with Crippen LogP contribution in [0.4, 0.5) is 0 Å². The summed E-state index contributed by atoms with van der Waals surface area (Å²) in [5, 5.41) is 8.28. The monoisotopic (exact) mass is 352 g/mol. The maximum Gasteiger partial charge on any atom is 0.252 e. The molecule has 0 unspecified atom stereocenters. The van der Waals surface area contributed by atoms with Gasteiger partial charge in [-0.3, -0.25) is 9.48 Å². The number of carbonyl (C=O) groups excluding carboxylic acids is 1. The van der Waals surface area contributed by atoms with Crippen LogP contribution in [-0.4, -0.2) is 27.8 Å². The molecule has 1 amide bonds. The van der Waals surface area contributed by atoms with E-state index >= 15 is 0 Å². The summed E-state index contributed by atoms with van der Waals surface area (Å²) < 4.78 is 7.16. The van der Waals surface area contributed by atoms with Gasteiger partial charge in [-0.05, 0) is 39.8 Å².